The summed E-state index contributed by atoms with van der Waals surface area (Å²) in [5.74, 6) is 0. The smallest absolute Gasteiger partial charge is 0.266 e. The molecule has 0 N–H and O–H groups in total. The zero-order chi connectivity index (χ0) is 17.3. The van der Waals surface area contributed by atoms with Gasteiger partial charge >= 0.3 is 0 Å². The number of hydrogen-bond donors (Lipinski definition) is 0. The standard InChI is InChI=1S/C18H14ClN3OS/c1-11-4-3-5-14(8-11)22-17(23)15-7-6-13(19)9-16(15)21-18(22)24-12(2)10-20/h3-9,12H,1-2H3/t12-/m1/s1. The molecular formula is C18H14ClN3OS. The average Bonchev–Trinajstić information content (AvgIpc) is 2.54. The predicted octanol–water partition coefficient (Wildman–Crippen LogP) is 4.35. The van der Waals surface area contributed by atoms with Crippen LogP contribution in [0.2, 0.25) is 5.02 Å². The number of aromatic nitrogens is 2. The molecule has 0 saturated carbocycles. The number of halogens is 1. The fraction of sp³-hybridized carbons (Fsp3) is 0.167. The van der Waals surface area contributed by atoms with Gasteiger partial charge in [-0.1, -0.05) is 35.5 Å². The van der Waals surface area contributed by atoms with Crippen molar-refractivity contribution in [3.63, 3.8) is 0 Å². The van der Waals surface area contributed by atoms with E-state index in [9.17, 15) is 4.79 Å². The molecule has 0 aliphatic rings. The van der Waals surface area contributed by atoms with Gasteiger partial charge in [0, 0.05) is 5.02 Å². The van der Waals surface area contributed by atoms with Crippen LogP contribution in [-0.2, 0) is 0 Å². The minimum Gasteiger partial charge on any atom is -0.268 e. The van der Waals surface area contributed by atoms with Crippen LogP contribution in [0.3, 0.4) is 0 Å². The Labute approximate surface area is 148 Å². The van der Waals surface area contributed by atoms with Crippen LogP contribution in [0.1, 0.15) is 12.5 Å². The Bertz CT molecular complexity index is 1020. The monoisotopic (exact) mass is 355 g/mol. The van der Waals surface area contributed by atoms with E-state index < -0.39 is 0 Å². The molecule has 1 atom stereocenters. The third-order valence-electron chi connectivity index (χ3n) is 3.52. The van der Waals surface area contributed by atoms with Gasteiger partial charge in [0.25, 0.3) is 5.56 Å². The van der Waals surface area contributed by atoms with Crippen molar-refractivity contribution in [1.82, 2.24) is 9.55 Å². The van der Waals surface area contributed by atoms with Gasteiger partial charge in [0.05, 0.1) is 27.9 Å². The fourth-order valence-corrected chi connectivity index (χ4v) is 3.38. The third-order valence-corrected chi connectivity index (χ3v) is 4.70. The number of thioether (sulfide) groups is 1. The van der Waals surface area contributed by atoms with Crippen LogP contribution in [0.5, 0.6) is 0 Å². The largest absolute Gasteiger partial charge is 0.268 e. The molecule has 0 aliphatic heterocycles. The first-order valence-corrected chi connectivity index (χ1v) is 8.61. The van der Waals surface area contributed by atoms with Gasteiger partial charge in [-0.05, 0) is 49.7 Å². The molecule has 0 spiro atoms. The van der Waals surface area contributed by atoms with E-state index in [4.69, 9.17) is 16.9 Å². The summed E-state index contributed by atoms with van der Waals surface area (Å²) in [5.41, 5.74) is 2.14. The summed E-state index contributed by atoms with van der Waals surface area (Å²) in [7, 11) is 0. The first kappa shape index (κ1) is 16.6. The highest BCUT2D eigenvalue weighted by molar-refractivity contribution is 8.00. The fourth-order valence-electron chi connectivity index (χ4n) is 2.40. The molecule has 0 radical (unpaired) electrons. The molecule has 3 rings (SSSR count). The van der Waals surface area contributed by atoms with E-state index in [-0.39, 0.29) is 10.8 Å². The van der Waals surface area contributed by atoms with E-state index in [1.165, 1.54) is 11.8 Å². The van der Waals surface area contributed by atoms with E-state index in [0.29, 0.717) is 21.1 Å². The topological polar surface area (TPSA) is 58.7 Å². The maximum atomic E-state index is 13.0. The molecule has 0 bridgehead atoms. The zero-order valence-electron chi connectivity index (χ0n) is 13.2. The number of benzene rings is 2. The minimum absolute atomic E-state index is 0.171. The maximum absolute atomic E-state index is 13.0. The second-order valence-electron chi connectivity index (χ2n) is 5.42. The van der Waals surface area contributed by atoms with Crippen LogP contribution in [0, 0.1) is 18.3 Å². The summed E-state index contributed by atoms with van der Waals surface area (Å²) in [6.07, 6.45) is 0. The first-order chi connectivity index (χ1) is 11.5. The van der Waals surface area contributed by atoms with Crippen molar-refractivity contribution in [2.75, 3.05) is 0 Å². The quantitative estimate of drug-likeness (QED) is 0.517. The minimum atomic E-state index is -0.329. The van der Waals surface area contributed by atoms with E-state index >= 15 is 0 Å². The second-order valence-corrected chi connectivity index (χ2v) is 7.17. The molecule has 24 heavy (non-hydrogen) atoms. The van der Waals surface area contributed by atoms with Gasteiger partial charge < -0.3 is 0 Å². The van der Waals surface area contributed by atoms with Crippen molar-refractivity contribution in [1.29, 1.82) is 5.26 Å². The molecule has 0 unspecified atom stereocenters. The lowest BCUT2D eigenvalue weighted by atomic mass is 10.2. The van der Waals surface area contributed by atoms with Crippen molar-refractivity contribution in [3.8, 4) is 11.8 Å². The lowest BCUT2D eigenvalue weighted by Crippen LogP contribution is -2.22. The van der Waals surface area contributed by atoms with E-state index in [1.807, 2.05) is 31.2 Å². The van der Waals surface area contributed by atoms with Gasteiger partial charge in [0.2, 0.25) is 0 Å². The average molecular weight is 356 g/mol. The number of hydrogen-bond acceptors (Lipinski definition) is 4. The third kappa shape index (κ3) is 3.16. The van der Waals surface area contributed by atoms with Crippen LogP contribution in [0.15, 0.2) is 52.4 Å². The van der Waals surface area contributed by atoms with Crippen LogP contribution in [0.25, 0.3) is 16.6 Å². The Morgan fingerprint density at radius 3 is 2.79 bits per heavy atom. The molecule has 1 heterocycles. The summed E-state index contributed by atoms with van der Waals surface area (Å²) in [6, 6.07) is 14.8. The first-order valence-electron chi connectivity index (χ1n) is 7.35. The van der Waals surface area contributed by atoms with Gasteiger partial charge in [-0.25, -0.2) is 4.98 Å². The molecule has 0 amide bonds. The summed E-state index contributed by atoms with van der Waals surface area (Å²) in [4.78, 5) is 17.6. The molecule has 0 aliphatic carbocycles. The Hall–Kier alpha value is -2.29. The van der Waals surface area contributed by atoms with Crippen molar-refractivity contribution in [3.05, 3.63) is 63.4 Å². The highest BCUT2D eigenvalue weighted by Crippen LogP contribution is 2.26. The SMILES string of the molecule is Cc1cccc(-n2c(S[C@H](C)C#N)nc3cc(Cl)ccc3c2=O)c1. The summed E-state index contributed by atoms with van der Waals surface area (Å²) in [5, 5.41) is 10.3. The summed E-state index contributed by atoms with van der Waals surface area (Å²) < 4.78 is 1.56. The van der Waals surface area contributed by atoms with Crippen molar-refractivity contribution >= 4 is 34.3 Å². The van der Waals surface area contributed by atoms with Gasteiger partial charge in [-0.2, -0.15) is 5.26 Å². The van der Waals surface area contributed by atoms with Crippen molar-refractivity contribution in [2.24, 2.45) is 0 Å². The zero-order valence-corrected chi connectivity index (χ0v) is 14.7. The summed E-state index contributed by atoms with van der Waals surface area (Å²) >= 11 is 7.28. The number of nitrogens with zero attached hydrogens (tertiary/aromatic N) is 3. The predicted molar refractivity (Wildman–Crippen MR) is 98.0 cm³/mol. The Kier molecular flexibility index (Phi) is 4.61. The molecule has 4 nitrogen and oxygen atoms in total. The number of fused-ring (bicyclic) bond motifs is 1. The van der Waals surface area contributed by atoms with Crippen LogP contribution < -0.4 is 5.56 Å². The van der Waals surface area contributed by atoms with E-state index in [1.54, 1.807) is 29.7 Å². The molecule has 1 aromatic heterocycles. The van der Waals surface area contributed by atoms with Crippen molar-refractivity contribution in [2.45, 2.75) is 24.3 Å². The van der Waals surface area contributed by atoms with E-state index in [0.717, 1.165) is 11.3 Å². The number of aryl methyl sites for hydroxylation is 1. The lowest BCUT2D eigenvalue weighted by molar-refractivity contribution is 0.817. The van der Waals surface area contributed by atoms with Gasteiger partial charge in [0.1, 0.15) is 0 Å². The van der Waals surface area contributed by atoms with Gasteiger partial charge in [-0.15, -0.1) is 0 Å². The Balaban J connectivity index is 2.34. The van der Waals surface area contributed by atoms with Gasteiger partial charge in [-0.3, -0.25) is 9.36 Å². The van der Waals surface area contributed by atoms with Crippen LogP contribution in [0.4, 0.5) is 0 Å². The Morgan fingerprint density at radius 2 is 2.08 bits per heavy atom. The van der Waals surface area contributed by atoms with Crippen LogP contribution in [-0.4, -0.2) is 14.8 Å². The Morgan fingerprint density at radius 1 is 1.29 bits per heavy atom. The normalized spacial score (nSPS) is 12.1. The number of rotatable bonds is 3. The van der Waals surface area contributed by atoms with Gasteiger partial charge in [0.15, 0.2) is 5.16 Å². The molecule has 3 aromatic rings. The highest BCUT2D eigenvalue weighted by Gasteiger charge is 2.16. The molecular weight excluding hydrogens is 342 g/mol. The second kappa shape index (κ2) is 6.68. The maximum Gasteiger partial charge on any atom is 0.266 e. The van der Waals surface area contributed by atoms with E-state index in [2.05, 4.69) is 11.1 Å². The molecule has 0 saturated heterocycles. The van der Waals surface area contributed by atoms with Crippen LogP contribution >= 0.6 is 23.4 Å². The van der Waals surface area contributed by atoms with Crippen molar-refractivity contribution < 1.29 is 0 Å². The number of nitriles is 1. The molecule has 0 fully saturated rings. The molecule has 2 aromatic carbocycles. The highest BCUT2D eigenvalue weighted by atomic mass is 35.5. The molecule has 6 heteroatoms. The lowest BCUT2D eigenvalue weighted by Gasteiger charge is -2.14. The summed E-state index contributed by atoms with van der Waals surface area (Å²) in [6.45, 7) is 3.74. The molecule has 120 valence electrons.